The molecule has 0 fully saturated rings. The molecule has 0 unspecified atom stereocenters. The van der Waals surface area contributed by atoms with E-state index < -0.39 is 24.2 Å². The number of guanidine groups is 1. The second-order valence-electron chi connectivity index (χ2n) is 6.48. The summed E-state index contributed by atoms with van der Waals surface area (Å²) < 4.78 is 6.10. The number of hydrogen-bond acceptors (Lipinski definition) is 4. The van der Waals surface area contributed by atoms with Crippen molar-refractivity contribution in [2.75, 3.05) is 6.54 Å². The number of carbonyl (C=O) groups excluding carboxylic acids is 1. The lowest BCUT2D eigenvalue weighted by Crippen LogP contribution is -2.60. The molecule has 0 radical (unpaired) electrons. The molecule has 1 amide bonds. The van der Waals surface area contributed by atoms with Crippen molar-refractivity contribution < 1.29 is 19.4 Å². The Bertz CT molecular complexity index is 543. The number of carbonyl (C=O) groups is 2. The van der Waals surface area contributed by atoms with Crippen molar-refractivity contribution in [2.45, 2.75) is 77.7 Å². The molecule has 1 aliphatic carbocycles. The maximum atomic E-state index is 11.7. The van der Waals surface area contributed by atoms with Gasteiger partial charge >= 0.3 is 5.97 Å². The Morgan fingerprint density at radius 3 is 2.50 bits per heavy atom. The van der Waals surface area contributed by atoms with Crippen molar-refractivity contribution in [3.63, 3.8) is 0 Å². The average Bonchev–Trinajstić information content (AvgIpc) is 2.59. The van der Waals surface area contributed by atoms with Gasteiger partial charge < -0.3 is 26.2 Å². The summed E-state index contributed by atoms with van der Waals surface area (Å²) in [6.45, 7) is 8.01. The van der Waals surface area contributed by atoms with E-state index in [4.69, 9.17) is 10.5 Å². The van der Waals surface area contributed by atoms with Crippen LogP contribution in [-0.2, 0) is 14.3 Å². The number of amides is 1. The maximum absolute atomic E-state index is 11.7. The Labute approximate surface area is 155 Å². The molecule has 0 aromatic rings. The van der Waals surface area contributed by atoms with E-state index >= 15 is 0 Å². The quantitative estimate of drug-likeness (QED) is 0.357. The van der Waals surface area contributed by atoms with Crippen LogP contribution in [0.15, 0.2) is 16.6 Å². The van der Waals surface area contributed by atoms with Crippen LogP contribution in [-0.4, -0.2) is 53.8 Å². The minimum atomic E-state index is -1.000. The summed E-state index contributed by atoms with van der Waals surface area (Å²) in [7, 11) is 0. The van der Waals surface area contributed by atoms with Crippen molar-refractivity contribution in [2.24, 2.45) is 10.7 Å². The predicted octanol–water partition coefficient (Wildman–Crippen LogP) is 1.16. The zero-order chi connectivity index (χ0) is 19.7. The summed E-state index contributed by atoms with van der Waals surface area (Å²) in [6.07, 6.45) is 3.68. The number of carboxylic acids is 1. The largest absolute Gasteiger partial charge is 0.478 e. The maximum Gasteiger partial charge on any atom is 0.331 e. The Hall–Kier alpha value is -2.09. The third-order valence-electron chi connectivity index (χ3n) is 4.34. The van der Waals surface area contributed by atoms with Gasteiger partial charge in [-0.15, -0.1) is 0 Å². The predicted molar refractivity (Wildman–Crippen MR) is 101 cm³/mol. The van der Waals surface area contributed by atoms with E-state index in [-0.39, 0.29) is 30.0 Å². The number of aliphatic imine (C=N–C) groups is 1. The van der Waals surface area contributed by atoms with E-state index in [0.717, 1.165) is 19.3 Å². The minimum Gasteiger partial charge on any atom is -0.478 e. The number of hydrogen-bond donors (Lipinski definition) is 4. The second kappa shape index (κ2) is 10.8. The van der Waals surface area contributed by atoms with Gasteiger partial charge in [0.25, 0.3) is 0 Å². The third-order valence-corrected chi connectivity index (χ3v) is 4.34. The number of nitrogens with two attached hydrogens (primary N) is 1. The van der Waals surface area contributed by atoms with Crippen molar-refractivity contribution in [1.82, 2.24) is 10.6 Å². The number of rotatable bonds is 9. The molecule has 1 aliphatic rings. The molecule has 5 N–H and O–H groups in total. The van der Waals surface area contributed by atoms with E-state index in [0.29, 0.717) is 6.54 Å². The standard InChI is InChI=1S/C18H32N4O4/c1-5-8-20-18(19)22-14-9-12(17(24)25)10-15(16(14)21-11(4)23)26-13(6-2)7-3/h10,13-16H,5-9H2,1-4H3,(H,21,23)(H,24,25)(H3,19,20,22)/t14-,15+,16+/m0/s1. The van der Waals surface area contributed by atoms with Gasteiger partial charge in [0.2, 0.25) is 5.91 Å². The minimum absolute atomic E-state index is 0.0209. The first-order chi connectivity index (χ1) is 12.3. The van der Waals surface area contributed by atoms with Crippen LogP contribution in [0.25, 0.3) is 0 Å². The number of ether oxygens (including phenoxy) is 1. The van der Waals surface area contributed by atoms with Crippen LogP contribution in [0.1, 0.15) is 53.4 Å². The van der Waals surface area contributed by atoms with Gasteiger partial charge in [-0.05, 0) is 25.3 Å². The normalized spacial score (nSPS) is 23.5. The summed E-state index contributed by atoms with van der Waals surface area (Å²) in [4.78, 5) is 27.5. The van der Waals surface area contributed by atoms with Crippen LogP contribution in [0.4, 0.5) is 0 Å². The van der Waals surface area contributed by atoms with Crippen LogP contribution < -0.4 is 16.4 Å². The summed E-state index contributed by atoms with van der Waals surface area (Å²) in [5, 5.41) is 15.4. The lowest BCUT2D eigenvalue weighted by atomic mass is 9.87. The fourth-order valence-corrected chi connectivity index (χ4v) is 2.97. The summed E-state index contributed by atoms with van der Waals surface area (Å²) >= 11 is 0. The fraction of sp³-hybridized carbons (Fsp3) is 0.722. The first-order valence-corrected chi connectivity index (χ1v) is 9.25. The number of aliphatic carboxylic acids is 1. The van der Waals surface area contributed by atoms with Gasteiger partial charge in [0, 0.05) is 25.5 Å². The van der Waals surface area contributed by atoms with Crippen LogP contribution in [0.3, 0.4) is 0 Å². The third kappa shape index (κ3) is 6.67. The number of nitrogens with one attached hydrogen (secondary N) is 2. The van der Waals surface area contributed by atoms with Gasteiger partial charge in [0.05, 0.1) is 24.3 Å². The first-order valence-electron chi connectivity index (χ1n) is 9.25. The van der Waals surface area contributed by atoms with E-state index in [2.05, 4.69) is 15.6 Å². The average molecular weight is 368 g/mol. The molecular formula is C18H32N4O4. The van der Waals surface area contributed by atoms with Crippen LogP contribution in [0.2, 0.25) is 0 Å². The summed E-state index contributed by atoms with van der Waals surface area (Å²) in [5.74, 6) is -0.975. The molecule has 148 valence electrons. The van der Waals surface area contributed by atoms with Gasteiger partial charge in [-0.1, -0.05) is 20.8 Å². The van der Waals surface area contributed by atoms with Crippen molar-refractivity contribution in [3.05, 3.63) is 11.6 Å². The Morgan fingerprint density at radius 2 is 2.00 bits per heavy atom. The molecule has 0 saturated heterocycles. The molecule has 1 rings (SSSR count). The SMILES string of the molecule is CCCN=C(N)N[C@H]1CC(C(=O)O)=C[C@@H](OC(CC)CC)[C@@H]1NC(C)=O. The Balaban J connectivity index is 3.13. The van der Waals surface area contributed by atoms with E-state index in [1.54, 1.807) is 6.08 Å². The number of nitrogens with zero attached hydrogens (tertiary/aromatic N) is 1. The molecule has 8 heteroatoms. The highest BCUT2D eigenvalue weighted by Crippen LogP contribution is 2.24. The van der Waals surface area contributed by atoms with Crippen molar-refractivity contribution >= 4 is 17.8 Å². The van der Waals surface area contributed by atoms with Crippen LogP contribution >= 0.6 is 0 Å². The molecule has 0 aromatic carbocycles. The van der Waals surface area contributed by atoms with E-state index in [1.807, 2.05) is 20.8 Å². The molecule has 3 atom stereocenters. The smallest absolute Gasteiger partial charge is 0.331 e. The highest BCUT2D eigenvalue weighted by atomic mass is 16.5. The van der Waals surface area contributed by atoms with Crippen molar-refractivity contribution in [1.29, 1.82) is 0 Å². The second-order valence-corrected chi connectivity index (χ2v) is 6.48. The molecule has 0 saturated carbocycles. The van der Waals surface area contributed by atoms with Crippen LogP contribution in [0, 0.1) is 0 Å². The Morgan fingerprint density at radius 1 is 1.35 bits per heavy atom. The molecule has 0 bridgehead atoms. The molecule has 0 heterocycles. The van der Waals surface area contributed by atoms with E-state index in [1.165, 1.54) is 6.92 Å². The summed E-state index contributed by atoms with van der Waals surface area (Å²) in [5.41, 5.74) is 6.16. The van der Waals surface area contributed by atoms with Gasteiger partial charge in [0.1, 0.15) is 0 Å². The Kier molecular flexibility index (Phi) is 9.12. The fourth-order valence-electron chi connectivity index (χ4n) is 2.97. The number of carboxylic acid groups (broad SMARTS) is 1. The molecule has 8 nitrogen and oxygen atoms in total. The zero-order valence-corrected chi connectivity index (χ0v) is 16.1. The molecule has 0 aromatic heterocycles. The van der Waals surface area contributed by atoms with Gasteiger partial charge in [-0.2, -0.15) is 0 Å². The van der Waals surface area contributed by atoms with Crippen LogP contribution in [0.5, 0.6) is 0 Å². The van der Waals surface area contributed by atoms with Gasteiger partial charge in [-0.3, -0.25) is 9.79 Å². The molecular weight excluding hydrogens is 336 g/mol. The lowest BCUT2D eigenvalue weighted by molar-refractivity contribution is -0.133. The highest BCUT2D eigenvalue weighted by molar-refractivity contribution is 5.87. The highest BCUT2D eigenvalue weighted by Gasteiger charge is 2.37. The molecule has 26 heavy (non-hydrogen) atoms. The van der Waals surface area contributed by atoms with Gasteiger partial charge in [-0.25, -0.2) is 4.79 Å². The van der Waals surface area contributed by atoms with Gasteiger partial charge in [0.15, 0.2) is 5.96 Å². The lowest BCUT2D eigenvalue weighted by Gasteiger charge is -2.38. The monoisotopic (exact) mass is 368 g/mol. The summed E-state index contributed by atoms with van der Waals surface area (Å²) in [6, 6.07) is -0.860. The molecule has 0 spiro atoms. The van der Waals surface area contributed by atoms with Crippen molar-refractivity contribution in [3.8, 4) is 0 Å². The molecule has 0 aliphatic heterocycles. The first kappa shape index (κ1) is 22.0. The topological polar surface area (TPSA) is 126 Å². The van der Waals surface area contributed by atoms with E-state index in [9.17, 15) is 14.7 Å². The zero-order valence-electron chi connectivity index (χ0n) is 16.1.